The Morgan fingerprint density at radius 2 is 2.18 bits per heavy atom. The van der Waals surface area contributed by atoms with Crippen molar-refractivity contribution in [1.29, 1.82) is 0 Å². The van der Waals surface area contributed by atoms with Crippen LogP contribution in [0.15, 0.2) is 24.3 Å². The number of hydrogen-bond donors (Lipinski definition) is 1. The van der Waals surface area contributed by atoms with E-state index < -0.39 is 5.03 Å². The van der Waals surface area contributed by atoms with E-state index in [9.17, 15) is 14.9 Å². The van der Waals surface area contributed by atoms with E-state index in [-0.39, 0.29) is 12.5 Å². The third-order valence-corrected chi connectivity index (χ3v) is 3.96. The molecule has 8 nitrogen and oxygen atoms in total. The Balaban J connectivity index is 1.96. The smallest absolute Gasteiger partial charge is 0.259 e. The number of likely N-dealkylation sites (N-methyl/N-ethyl adjacent to an activating group) is 1. The van der Waals surface area contributed by atoms with Gasteiger partial charge in [-0.25, -0.2) is 10.1 Å². The zero-order valence-corrected chi connectivity index (χ0v) is 13.1. The second-order valence-corrected chi connectivity index (χ2v) is 5.77. The molecule has 0 atom stereocenters. The molecule has 1 amide bonds. The molecule has 0 bridgehead atoms. The molecular formula is C12H12ClN5O3S. The minimum atomic E-state index is -0.499. The van der Waals surface area contributed by atoms with Crippen molar-refractivity contribution >= 4 is 34.0 Å². The van der Waals surface area contributed by atoms with Gasteiger partial charge in [0, 0.05) is 6.42 Å². The Morgan fingerprint density at radius 1 is 1.45 bits per heavy atom. The molecule has 116 valence electrons. The molecule has 1 aromatic heterocycles. The standard InChI is InChI=1S/C12H12ClN5O3S/c1-17(18(20)21)7-6-10-15-16-12(22-10)14-11(19)8-4-2-3-5-9(8)13/h2-5H,6-7H2,1H3,(H,14,16,19). The van der Waals surface area contributed by atoms with Crippen LogP contribution in [0.5, 0.6) is 0 Å². The highest BCUT2D eigenvalue weighted by molar-refractivity contribution is 7.15. The molecule has 1 N–H and O–H groups in total. The molecule has 0 saturated heterocycles. The molecule has 1 aromatic carbocycles. The van der Waals surface area contributed by atoms with Crippen molar-refractivity contribution in [3.8, 4) is 0 Å². The topological polar surface area (TPSA) is 101 Å². The number of amides is 1. The van der Waals surface area contributed by atoms with E-state index in [1.165, 1.54) is 18.4 Å². The summed E-state index contributed by atoms with van der Waals surface area (Å²) in [6.45, 7) is 0.208. The molecule has 0 radical (unpaired) electrons. The lowest BCUT2D eigenvalue weighted by Gasteiger charge is -2.05. The Bertz CT molecular complexity index is 693. The van der Waals surface area contributed by atoms with E-state index in [0.717, 1.165) is 5.01 Å². The van der Waals surface area contributed by atoms with Crippen LogP contribution in [0, 0.1) is 10.1 Å². The molecule has 2 aromatic rings. The molecule has 0 fully saturated rings. The lowest BCUT2D eigenvalue weighted by molar-refractivity contribution is -0.648. The van der Waals surface area contributed by atoms with Crippen molar-refractivity contribution in [2.75, 3.05) is 18.9 Å². The van der Waals surface area contributed by atoms with Crippen molar-refractivity contribution in [3.05, 3.63) is 50.0 Å². The molecular weight excluding hydrogens is 330 g/mol. The third kappa shape index (κ3) is 4.12. The van der Waals surface area contributed by atoms with E-state index in [4.69, 9.17) is 11.6 Å². The fourth-order valence-corrected chi connectivity index (χ4v) is 2.50. The average molecular weight is 342 g/mol. The van der Waals surface area contributed by atoms with Crippen LogP contribution in [0.1, 0.15) is 15.4 Å². The van der Waals surface area contributed by atoms with E-state index >= 15 is 0 Å². The van der Waals surface area contributed by atoms with Crippen LogP contribution in [0.2, 0.25) is 5.02 Å². The summed E-state index contributed by atoms with van der Waals surface area (Å²) in [5.74, 6) is -0.379. The van der Waals surface area contributed by atoms with Gasteiger partial charge in [0.05, 0.1) is 24.2 Å². The highest BCUT2D eigenvalue weighted by Crippen LogP contribution is 2.20. The first-order valence-corrected chi connectivity index (χ1v) is 7.40. The maximum atomic E-state index is 12.0. The van der Waals surface area contributed by atoms with Crippen molar-refractivity contribution < 1.29 is 9.83 Å². The molecule has 2 rings (SSSR count). The van der Waals surface area contributed by atoms with Gasteiger partial charge in [0.15, 0.2) is 5.03 Å². The fourth-order valence-electron chi connectivity index (χ4n) is 1.55. The SMILES string of the molecule is CN(CCc1nnc(NC(=O)c2ccccc2Cl)s1)[N+](=O)[O-]. The molecule has 0 unspecified atom stereocenters. The van der Waals surface area contributed by atoms with E-state index in [2.05, 4.69) is 15.5 Å². The van der Waals surface area contributed by atoms with Crippen molar-refractivity contribution in [3.63, 3.8) is 0 Å². The molecule has 22 heavy (non-hydrogen) atoms. The predicted molar refractivity (Wildman–Crippen MR) is 82.6 cm³/mol. The summed E-state index contributed by atoms with van der Waals surface area (Å²) >= 11 is 7.11. The Hall–Kier alpha value is -2.26. The summed E-state index contributed by atoms with van der Waals surface area (Å²) in [4.78, 5) is 22.5. The number of nitrogens with one attached hydrogen (secondary N) is 1. The molecule has 0 aliphatic carbocycles. The number of carbonyl (C=O) groups excluding carboxylic acids is 1. The van der Waals surface area contributed by atoms with Crippen LogP contribution in [-0.2, 0) is 6.42 Å². The first kappa shape index (κ1) is 16.1. The summed E-state index contributed by atoms with van der Waals surface area (Å²) in [6.07, 6.45) is 0.372. The first-order chi connectivity index (χ1) is 10.5. The van der Waals surface area contributed by atoms with Gasteiger partial charge in [0.1, 0.15) is 5.01 Å². The van der Waals surface area contributed by atoms with Crippen LogP contribution in [0.4, 0.5) is 5.13 Å². The third-order valence-electron chi connectivity index (χ3n) is 2.73. The predicted octanol–water partition coefficient (Wildman–Crippen LogP) is 2.11. The Kier molecular flexibility index (Phi) is 5.23. The lowest BCUT2D eigenvalue weighted by atomic mass is 10.2. The summed E-state index contributed by atoms with van der Waals surface area (Å²) < 4.78 is 0. The number of carbonyl (C=O) groups is 1. The molecule has 10 heteroatoms. The van der Waals surface area contributed by atoms with E-state index in [1.54, 1.807) is 24.3 Å². The number of benzene rings is 1. The van der Waals surface area contributed by atoms with Gasteiger partial charge in [0.2, 0.25) is 5.13 Å². The zero-order valence-electron chi connectivity index (χ0n) is 11.5. The first-order valence-electron chi connectivity index (χ1n) is 6.21. The van der Waals surface area contributed by atoms with Crippen molar-refractivity contribution in [1.82, 2.24) is 15.2 Å². The fraction of sp³-hybridized carbons (Fsp3) is 0.250. The Morgan fingerprint density at radius 3 is 2.86 bits per heavy atom. The number of hydrogen-bond acceptors (Lipinski definition) is 6. The van der Waals surface area contributed by atoms with Crippen LogP contribution in [-0.4, -0.2) is 39.7 Å². The minimum absolute atomic E-state index is 0.208. The number of hydrazine groups is 1. The van der Waals surface area contributed by atoms with E-state index in [0.29, 0.717) is 27.1 Å². The van der Waals surface area contributed by atoms with Crippen LogP contribution >= 0.6 is 22.9 Å². The zero-order chi connectivity index (χ0) is 16.1. The average Bonchev–Trinajstić information content (AvgIpc) is 2.92. The van der Waals surface area contributed by atoms with E-state index in [1.807, 2.05) is 0 Å². The van der Waals surface area contributed by atoms with Gasteiger partial charge in [0.25, 0.3) is 5.91 Å². The molecule has 1 heterocycles. The number of anilines is 1. The van der Waals surface area contributed by atoms with Crippen LogP contribution in [0.3, 0.4) is 0 Å². The summed E-state index contributed by atoms with van der Waals surface area (Å²) in [5, 5.41) is 22.6. The molecule has 0 saturated carbocycles. The monoisotopic (exact) mass is 341 g/mol. The summed E-state index contributed by atoms with van der Waals surface area (Å²) in [5.41, 5.74) is 0.342. The van der Waals surface area contributed by atoms with Crippen molar-refractivity contribution in [2.24, 2.45) is 0 Å². The maximum Gasteiger partial charge on any atom is 0.259 e. The maximum absolute atomic E-state index is 12.0. The quantitative estimate of drug-likeness (QED) is 0.637. The van der Waals surface area contributed by atoms with Crippen LogP contribution in [0.25, 0.3) is 0 Å². The van der Waals surface area contributed by atoms with Crippen molar-refractivity contribution in [2.45, 2.75) is 6.42 Å². The summed E-state index contributed by atoms with van der Waals surface area (Å²) in [7, 11) is 1.38. The number of aromatic nitrogens is 2. The number of nitro groups is 1. The largest absolute Gasteiger partial charge is 0.296 e. The minimum Gasteiger partial charge on any atom is -0.296 e. The molecule has 0 spiro atoms. The highest BCUT2D eigenvalue weighted by atomic mass is 35.5. The molecule has 0 aliphatic rings. The lowest BCUT2D eigenvalue weighted by Crippen LogP contribution is -2.27. The number of rotatable bonds is 6. The highest BCUT2D eigenvalue weighted by Gasteiger charge is 2.14. The van der Waals surface area contributed by atoms with Gasteiger partial charge in [-0.05, 0) is 12.1 Å². The van der Waals surface area contributed by atoms with Gasteiger partial charge in [-0.15, -0.1) is 15.2 Å². The normalized spacial score (nSPS) is 10.3. The number of nitrogens with zero attached hydrogens (tertiary/aromatic N) is 4. The summed E-state index contributed by atoms with van der Waals surface area (Å²) in [6, 6.07) is 6.66. The van der Waals surface area contributed by atoms with Gasteiger partial charge >= 0.3 is 0 Å². The van der Waals surface area contributed by atoms with Gasteiger partial charge < -0.3 is 0 Å². The van der Waals surface area contributed by atoms with Gasteiger partial charge in [-0.3, -0.25) is 10.1 Å². The molecule has 0 aliphatic heterocycles. The van der Waals surface area contributed by atoms with Crippen LogP contribution < -0.4 is 5.32 Å². The van der Waals surface area contributed by atoms with Gasteiger partial charge in [-0.2, -0.15) is 0 Å². The second-order valence-electron chi connectivity index (χ2n) is 4.30. The van der Waals surface area contributed by atoms with Gasteiger partial charge in [-0.1, -0.05) is 35.1 Å². The number of halogens is 1. The second kappa shape index (κ2) is 7.14. The Labute approximate surface area is 134 Å².